The van der Waals surface area contributed by atoms with Crippen LogP contribution in [0.5, 0.6) is 0 Å². The van der Waals surface area contributed by atoms with Gasteiger partial charge in [-0.2, -0.15) is 5.10 Å². The Morgan fingerprint density at radius 2 is 2.32 bits per heavy atom. The molecule has 1 unspecified atom stereocenters. The van der Waals surface area contributed by atoms with E-state index in [1.165, 1.54) is 10.9 Å². The van der Waals surface area contributed by atoms with Crippen LogP contribution in [-0.2, 0) is 11.8 Å². The number of H-pyrrole nitrogens is 1. The first-order valence-electron chi connectivity index (χ1n) is 7.98. The van der Waals surface area contributed by atoms with E-state index < -0.39 is 0 Å². The van der Waals surface area contributed by atoms with E-state index in [1.807, 2.05) is 0 Å². The number of aromatic nitrogens is 6. The number of hydrogen-bond acceptors (Lipinski definition) is 8. The normalized spacial score (nSPS) is 17.8. The molecule has 4 rings (SSSR count). The van der Waals surface area contributed by atoms with Gasteiger partial charge in [0.1, 0.15) is 12.1 Å². The Bertz CT molecular complexity index is 936. The van der Waals surface area contributed by atoms with Crippen molar-refractivity contribution in [2.45, 2.75) is 6.10 Å². The van der Waals surface area contributed by atoms with Crippen LogP contribution in [0, 0.1) is 0 Å². The number of fused-ring (bicyclic) bond motifs is 1. The van der Waals surface area contributed by atoms with Crippen LogP contribution in [0.1, 0.15) is 0 Å². The van der Waals surface area contributed by atoms with Crippen LogP contribution >= 0.6 is 0 Å². The van der Waals surface area contributed by atoms with Crippen LogP contribution in [0.4, 0.5) is 11.6 Å². The van der Waals surface area contributed by atoms with Crippen molar-refractivity contribution in [2.24, 2.45) is 7.05 Å². The van der Waals surface area contributed by atoms with E-state index in [-0.39, 0.29) is 11.7 Å². The van der Waals surface area contributed by atoms with Crippen molar-refractivity contribution >= 4 is 22.7 Å². The molecule has 0 aromatic carbocycles. The highest BCUT2D eigenvalue weighted by Crippen LogP contribution is 2.22. The Hall–Kier alpha value is -3.01. The van der Waals surface area contributed by atoms with Crippen LogP contribution in [0.3, 0.4) is 0 Å². The van der Waals surface area contributed by atoms with Crippen molar-refractivity contribution in [3.63, 3.8) is 0 Å². The predicted octanol–water partition coefficient (Wildman–Crippen LogP) is -0.236. The lowest BCUT2D eigenvalue weighted by atomic mass is 10.2. The van der Waals surface area contributed by atoms with Crippen molar-refractivity contribution in [3.05, 3.63) is 35.3 Å². The highest BCUT2D eigenvalue weighted by atomic mass is 16.5. The van der Waals surface area contributed by atoms with Crippen molar-refractivity contribution in [3.8, 4) is 0 Å². The molecule has 0 spiro atoms. The molecule has 130 valence electrons. The standard InChI is InChI=1S/C15H18N8O2/c1-22-3-2-16-13(15(22)24)17-6-10-8-23(4-5-25-10)14-11-7-20-21-12(11)18-9-19-14/h2-3,7,9-10H,4-6,8H2,1H3,(H,16,17)(H,18,19,20,21). The Morgan fingerprint density at radius 3 is 3.24 bits per heavy atom. The molecule has 1 atom stereocenters. The van der Waals surface area contributed by atoms with Crippen molar-refractivity contribution in [1.29, 1.82) is 0 Å². The summed E-state index contributed by atoms with van der Waals surface area (Å²) in [6.07, 6.45) is 6.38. The van der Waals surface area contributed by atoms with Gasteiger partial charge in [0.25, 0.3) is 5.56 Å². The molecule has 25 heavy (non-hydrogen) atoms. The Morgan fingerprint density at radius 1 is 1.40 bits per heavy atom. The maximum Gasteiger partial charge on any atom is 0.293 e. The summed E-state index contributed by atoms with van der Waals surface area (Å²) in [5.74, 6) is 1.16. The molecule has 3 aromatic heterocycles. The third-order valence-corrected chi connectivity index (χ3v) is 4.18. The number of aromatic amines is 1. The third kappa shape index (κ3) is 3.03. The minimum Gasteiger partial charge on any atom is -0.373 e. The molecular formula is C15H18N8O2. The molecule has 0 radical (unpaired) electrons. The Kier molecular flexibility index (Phi) is 4.02. The maximum atomic E-state index is 12.0. The van der Waals surface area contributed by atoms with E-state index >= 15 is 0 Å². The van der Waals surface area contributed by atoms with E-state index in [4.69, 9.17) is 4.74 Å². The molecule has 0 saturated carbocycles. The fraction of sp³-hybridized carbons (Fsp3) is 0.400. The van der Waals surface area contributed by atoms with Gasteiger partial charge >= 0.3 is 0 Å². The van der Waals surface area contributed by atoms with Crippen LogP contribution in [0.2, 0.25) is 0 Å². The molecule has 1 aliphatic rings. The Balaban J connectivity index is 1.47. The van der Waals surface area contributed by atoms with E-state index in [1.54, 1.807) is 25.6 Å². The van der Waals surface area contributed by atoms with Gasteiger partial charge in [0.05, 0.1) is 24.3 Å². The van der Waals surface area contributed by atoms with Gasteiger partial charge in [-0.15, -0.1) is 0 Å². The fourth-order valence-corrected chi connectivity index (χ4v) is 2.87. The summed E-state index contributed by atoms with van der Waals surface area (Å²) in [6, 6.07) is 0. The van der Waals surface area contributed by atoms with E-state index in [2.05, 4.69) is 35.4 Å². The fourth-order valence-electron chi connectivity index (χ4n) is 2.87. The van der Waals surface area contributed by atoms with Gasteiger partial charge in [-0.05, 0) is 0 Å². The van der Waals surface area contributed by atoms with Crippen molar-refractivity contribution in [1.82, 2.24) is 29.7 Å². The first-order chi connectivity index (χ1) is 12.2. The first-order valence-corrected chi connectivity index (χ1v) is 7.98. The highest BCUT2D eigenvalue weighted by molar-refractivity contribution is 5.86. The van der Waals surface area contributed by atoms with E-state index in [0.29, 0.717) is 31.2 Å². The molecule has 2 N–H and O–H groups in total. The number of hydrogen-bond donors (Lipinski definition) is 2. The minimum absolute atomic E-state index is 0.0858. The summed E-state index contributed by atoms with van der Waals surface area (Å²) >= 11 is 0. The van der Waals surface area contributed by atoms with Gasteiger partial charge in [0.2, 0.25) is 0 Å². The molecule has 0 bridgehead atoms. The molecule has 10 heteroatoms. The van der Waals surface area contributed by atoms with Crippen LogP contribution in [0.15, 0.2) is 29.7 Å². The number of aryl methyl sites for hydroxylation is 1. The smallest absolute Gasteiger partial charge is 0.293 e. The zero-order valence-corrected chi connectivity index (χ0v) is 13.7. The first kappa shape index (κ1) is 15.5. The van der Waals surface area contributed by atoms with Gasteiger partial charge in [-0.1, -0.05) is 0 Å². The molecule has 1 fully saturated rings. The lowest BCUT2D eigenvalue weighted by molar-refractivity contribution is 0.0490. The van der Waals surface area contributed by atoms with Crippen LogP contribution in [-0.4, -0.2) is 62.1 Å². The lowest BCUT2D eigenvalue weighted by Crippen LogP contribution is -2.46. The highest BCUT2D eigenvalue weighted by Gasteiger charge is 2.23. The number of ether oxygens (including phenoxy) is 1. The van der Waals surface area contributed by atoms with E-state index in [0.717, 1.165) is 17.7 Å². The summed E-state index contributed by atoms with van der Waals surface area (Å²) in [4.78, 5) is 26.8. The van der Waals surface area contributed by atoms with Gasteiger partial charge in [-0.25, -0.2) is 15.0 Å². The minimum atomic E-state index is -0.161. The van der Waals surface area contributed by atoms with Gasteiger partial charge in [0.15, 0.2) is 11.5 Å². The van der Waals surface area contributed by atoms with Gasteiger partial charge < -0.3 is 19.5 Å². The summed E-state index contributed by atoms with van der Waals surface area (Å²) in [5.41, 5.74) is 0.550. The summed E-state index contributed by atoms with van der Waals surface area (Å²) in [6.45, 7) is 2.45. The lowest BCUT2D eigenvalue weighted by Gasteiger charge is -2.34. The molecule has 10 nitrogen and oxygen atoms in total. The Labute approximate surface area is 142 Å². The molecule has 3 aromatic rings. The molecule has 4 heterocycles. The zero-order valence-electron chi connectivity index (χ0n) is 13.7. The van der Waals surface area contributed by atoms with Crippen LogP contribution in [0.25, 0.3) is 11.0 Å². The summed E-state index contributed by atoms with van der Waals surface area (Å²) < 4.78 is 7.29. The van der Waals surface area contributed by atoms with Crippen LogP contribution < -0.4 is 15.8 Å². The second kappa shape index (κ2) is 6.48. The molecule has 1 aliphatic heterocycles. The number of anilines is 2. The quantitative estimate of drug-likeness (QED) is 0.668. The number of rotatable bonds is 4. The van der Waals surface area contributed by atoms with Gasteiger partial charge in [-0.3, -0.25) is 9.89 Å². The largest absolute Gasteiger partial charge is 0.373 e. The number of morpholine rings is 1. The van der Waals surface area contributed by atoms with Crippen molar-refractivity contribution < 1.29 is 4.74 Å². The molecule has 0 aliphatic carbocycles. The summed E-state index contributed by atoms with van der Waals surface area (Å²) in [7, 11) is 1.69. The van der Waals surface area contributed by atoms with Crippen molar-refractivity contribution in [2.75, 3.05) is 36.5 Å². The average molecular weight is 342 g/mol. The summed E-state index contributed by atoms with van der Waals surface area (Å²) in [5, 5.41) is 10.8. The van der Waals surface area contributed by atoms with Gasteiger partial charge in [0, 0.05) is 39.1 Å². The maximum absolute atomic E-state index is 12.0. The SMILES string of the molecule is Cn1ccnc(NCC2CN(c3ncnc4[nH]ncc34)CCO2)c1=O. The monoisotopic (exact) mass is 342 g/mol. The zero-order chi connectivity index (χ0) is 17.2. The predicted molar refractivity (Wildman–Crippen MR) is 91.6 cm³/mol. The number of nitrogens with zero attached hydrogens (tertiary/aromatic N) is 6. The molecular weight excluding hydrogens is 324 g/mol. The second-order valence-electron chi connectivity index (χ2n) is 5.84. The number of nitrogens with one attached hydrogen (secondary N) is 2. The molecule has 1 saturated heterocycles. The average Bonchev–Trinajstić information content (AvgIpc) is 3.12. The van der Waals surface area contributed by atoms with E-state index in [9.17, 15) is 4.79 Å². The topological polar surface area (TPSA) is 114 Å². The molecule has 0 amide bonds. The second-order valence-corrected chi connectivity index (χ2v) is 5.84. The third-order valence-electron chi connectivity index (χ3n) is 4.18.